The number of carbonyl (C=O) groups is 2. The van der Waals surface area contributed by atoms with E-state index in [0.29, 0.717) is 0 Å². The van der Waals surface area contributed by atoms with Crippen LogP contribution >= 0.6 is 0 Å². The van der Waals surface area contributed by atoms with E-state index in [0.717, 1.165) is 0 Å². The van der Waals surface area contributed by atoms with Crippen LogP contribution in [0.2, 0.25) is 0 Å². The van der Waals surface area contributed by atoms with Gasteiger partial charge in [-0.2, -0.15) is 26.3 Å². The Morgan fingerprint density at radius 1 is 0.773 bits per heavy atom. The van der Waals surface area contributed by atoms with Gasteiger partial charge in [-0.05, 0) is 13.8 Å². The van der Waals surface area contributed by atoms with Gasteiger partial charge in [-0.1, -0.05) is 0 Å². The van der Waals surface area contributed by atoms with Crippen LogP contribution < -0.4 is 0 Å². The summed E-state index contributed by atoms with van der Waals surface area (Å²) >= 11 is 0. The fraction of sp³-hybridized carbons (Fsp3) is 0.833. The highest BCUT2D eigenvalue weighted by molar-refractivity contribution is 5.82. The van der Waals surface area contributed by atoms with Crippen LogP contribution in [0.5, 0.6) is 0 Å². The minimum atomic E-state index is -4.94. The number of esters is 2. The Morgan fingerprint density at radius 3 is 1.23 bits per heavy atom. The van der Waals surface area contributed by atoms with Gasteiger partial charge < -0.3 is 9.47 Å². The van der Waals surface area contributed by atoms with E-state index >= 15 is 0 Å². The Bertz CT molecular complexity index is 341. The quantitative estimate of drug-likeness (QED) is 0.528. The smallest absolute Gasteiger partial charge is 0.389 e. The normalized spacial score (nSPS) is 15.1. The van der Waals surface area contributed by atoms with Crippen molar-refractivity contribution < 1.29 is 45.4 Å². The maximum atomic E-state index is 12.5. The summed E-state index contributed by atoms with van der Waals surface area (Å²) in [4.78, 5) is 23.1. The first-order valence-electron chi connectivity index (χ1n) is 6.38. The molecular formula is C12H16F6O4. The highest BCUT2D eigenvalue weighted by atomic mass is 19.4. The van der Waals surface area contributed by atoms with Gasteiger partial charge in [-0.3, -0.25) is 9.59 Å². The number of alkyl halides is 6. The van der Waals surface area contributed by atoms with Gasteiger partial charge in [0.1, 0.15) is 0 Å². The van der Waals surface area contributed by atoms with Crippen LogP contribution in [-0.4, -0.2) is 37.5 Å². The molecule has 4 nitrogen and oxygen atoms in total. The van der Waals surface area contributed by atoms with Gasteiger partial charge in [0.05, 0.1) is 37.9 Å². The lowest BCUT2D eigenvalue weighted by atomic mass is 9.86. The fourth-order valence-corrected chi connectivity index (χ4v) is 1.78. The zero-order chi connectivity index (χ0) is 17.6. The van der Waals surface area contributed by atoms with Gasteiger partial charge in [-0.25, -0.2) is 0 Å². The summed E-state index contributed by atoms with van der Waals surface area (Å²) in [5.74, 6) is -7.63. The van der Waals surface area contributed by atoms with Crippen molar-refractivity contribution in [1.29, 1.82) is 0 Å². The van der Waals surface area contributed by atoms with Crippen molar-refractivity contribution in [3.8, 4) is 0 Å². The molecule has 0 aliphatic heterocycles. The van der Waals surface area contributed by atoms with Crippen LogP contribution in [0.15, 0.2) is 0 Å². The van der Waals surface area contributed by atoms with Gasteiger partial charge in [0.2, 0.25) is 0 Å². The topological polar surface area (TPSA) is 52.6 Å². The Morgan fingerprint density at radius 2 is 1.05 bits per heavy atom. The van der Waals surface area contributed by atoms with E-state index < -0.39 is 49.0 Å². The summed E-state index contributed by atoms with van der Waals surface area (Å²) < 4.78 is 83.8. The molecule has 0 aliphatic rings. The second-order valence-corrected chi connectivity index (χ2v) is 4.36. The van der Waals surface area contributed by atoms with Crippen molar-refractivity contribution >= 4 is 11.9 Å². The molecule has 0 bridgehead atoms. The monoisotopic (exact) mass is 338 g/mol. The van der Waals surface area contributed by atoms with E-state index in [-0.39, 0.29) is 13.2 Å². The molecule has 0 amide bonds. The van der Waals surface area contributed by atoms with Crippen molar-refractivity contribution in [3.05, 3.63) is 0 Å². The van der Waals surface area contributed by atoms with Gasteiger partial charge in [0.15, 0.2) is 0 Å². The van der Waals surface area contributed by atoms with E-state index in [9.17, 15) is 35.9 Å². The molecule has 22 heavy (non-hydrogen) atoms. The summed E-state index contributed by atoms with van der Waals surface area (Å²) in [6.07, 6.45) is -13.7. The molecule has 0 saturated heterocycles. The lowest BCUT2D eigenvalue weighted by Crippen LogP contribution is -2.38. The molecule has 10 heteroatoms. The van der Waals surface area contributed by atoms with E-state index in [4.69, 9.17) is 0 Å². The molecule has 0 N–H and O–H groups in total. The molecule has 130 valence electrons. The van der Waals surface area contributed by atoms with Crippen LogP contribution in [-0.2, 0) is 19.1 Å². The maximum absolute atomic E-state index is 12.5. The minimum absolute atomic E-state index is 0.325. The molecule has 0 aromatic rings. The summed E-state index contributed by atoms with van der Waals surface area (Å²) in [5.41, 5.74) is 0. The SMILES string of the molecule is CCOC(=O)C(CC(F)(F)F)C(CC(F)(F)F)C(=O)OCC. The predicted molar refractivity (Wildman–Crippen MR) is 61.6 cm³/mol. The standard InChI is InChI=1S/C12H16F6O4/c1-3-21-9(19)7(5-11(13,14)15)8(6-12(16,17)18)10(20)22-4-2/h7-8H,3-6H2,1-2H3. The van der Waals surface area contributed by atoms with Crippen molar-refractivity contribution in [2.24, 2.45) is 11.8 Å². The molecule has 0 aromatic carbocycles. The Balaban J connectivity index is 5.49. The van der Waals surface area contributed by atoms with Crippen molar-refractivity contribution in [2.45, 2.75) is 39.0 Å². The second-order valence-electron chi connectivity index (χ2n) is 4.36. The van der Waals surface area contributed by atoms with Crippen molar-refractivity contribution in [3.63, 3.8) is 0 Å². The van der Waals surface area contributed by atoms with E-state index in [1.807, 2.05) is 0 Å². The summed E-state index contributed by atoms with van der Waals surface area (Å²) in [6.45, 7) is 1.92. The van der Waals surface area contributed by atoms with E-state index in [1.54, 1.807) is 0 Å². The van der Waals surface area contributed by atoms with Crippen LogP contribution in [0.25, 0.3) is 0 Å². The first kappa shape index (κ1) is 20.5. The van der Waals surface area contributed by atoms with Crippen molar-refractivity contribution in [2.75, 3.05) is 13.2 Å². The zero-order valence-corrected chi connectivity index (χ0v) is 11.9. The average Bonchev–Trinajstić information content (AvgIpc) is 2.31. The molecule has 0 radical (unpaired) electrons. The molecule has 0 spiro atoms. The zero-order valence-electron chi connectivity index (χ0n) is 11.9. The molecule has 0 aliphatic carbocycles. The van der Waals surface area contributed by atoms with Crippen molar-refractivity contribution in [1.82, 2.24) is 0 Å². The molecule has 0 rings (SSSR count). The molecular weight excluding hydrogens is 322 g/mol. The Kier molecular flexibility index (Phi) is 7.68. The van der Waals surface area contributed by atoms with Crippen LogP contribution in [0, 0.1) is 11.8 Å². The summed E-state index contributed by atoms with van der Waals surface area (Å²) in [5, 5.41) is 0. The number of hydrogen-bond acceptors (Lipinski definition) is 4. The van der Waals surface area contributed by atoms with Gasteiger partial charge in [0.25, 0.3) is 0 Å². The third-order valence-corrected chi connectivity index (χ3v) is 2.57. The summed E-state index contributed by atoms with van der Waals surface area (Å²) in [6, 6.07) is 0. The highest BCUT2D eigenvalue weighted by Gasteiger charge is 2.48. The first-order chi connectivity index (χ1) is 9.91. The Hall–Kier alpha value is -1.48. The molecule has 0 saturated carbocycles. The van der Waals surface area contributed by atoms with E-state index in [1.165, 1.54) is 13.8 Å². The minimum Gasteiger partial charge on any atom is -0.466 e. The lowest BCUT2D eigenvalue weighted by Gasteiger charge is -2.25. The number of hydrogen-bond donors (Lipinski definition) is 0. The maximum Gasteiger partial charge on any atom is 0.389 e. The van der Waals surface area contributed by atoms with Crippen LogP contribution in [0.3, 0.4) is 0 Å². The number of halogens is 6. The number of rotatable bonds is 7. The summed E-state index contributed by atoms with van der Waals surface area (Å²) in [7, 11) is 0. The van der Waals surface area contributed by atoms with Crippen LogP contribution in [0.4, 0.5) is 26.3 Å². The van der Waals surface area contributed by atoms with Gasteiger partial charge >= 0.3 is 24.3 Å². The lowest BCUT2D eigenvalue weighted by molar-refractivity contribution is -0.191. The van der Waals surface area contributed by atoms with Gasteiger partial charge in [0, 0.05) is 0 Å². The molecule has 2 unspecified atom stereocenters. The van der Waals surface area contributed by atoms with Crippen LogP contribution in [0.1, 0.15) is 26.7 Å². The largest absolute Gasteiger partial charge is 0.466 e. The third kappa shape index (κ3) is 8.08. The average molecular weight is 338 g/mol. The highest BCUT2D eigenvalue weighted by Crippen LogP contribution is 2.36. The molecule has 2 atom stereocenters. The molecule has 0 heterocycles. The first-order valence-corrected chi connectivity index (χ1v) is 6.38. The van der Waals surface area contributed by atoms with E-state index in [2.05, 4.69) is 9.47 Å². The number of carbonyl (C=O) groups excluding carboxylic acids is 2. The number of ether oxygens (including phenoxy) is 2. The molecule has 0 fully saturated rings. The predicted octanol–water partition coefficient (Wildman–Crippen LogP) is 3.25. The molecule has 0 aromatic heterocycles. The Labute approximate surface area is 122 Å². The third-order valence-electron chi connectivity index (χ3n) is 2.57. The fourth-order valence-electron chi connectivity index (χ4n) is 1.78. The van der Waals surface area contributed by atoms with Gasteiger partial charge in [-0.15, -0.1) is 0 Å². The second kappa shape index (κ2) is 8.23.